The Morgan fingerprint density at radius 2 is 1.68 bits per heavy atom. The molecular weight excluding hydrogens is 342 g/mol. The number of Topliss-reactive ketones (excluding diaryl/α,β-unsaturated/α-hetero) is 1. The molecule has 0 unspecified atom stereocenters. The van der Waals surface area contributed by atoms with E-state index < -0.39 is 21.5 Å². The molecule has 1 amide bonds. The summed E-state index contributed by atoms with van der Waals surface area (Å²) in [4.78, 5) is 24.7. The molecule has 0 saturated heterocycles. The summed E-state index contributed by atoms with van der Waals surface area (Å²) in [5, 5.41) is 3.70. The second kappa shape index (κ2) is 8.87. The number of nitrogens with two attached hydrogens (primary N) is 1. The van der Waals surface area contributed by atoms with Crippen molar-refractivity contribution in [2.24, 2.45) is 10.8 Å². The molecule has 0 radical (unpaired) electrons. The van der Waals surface area contributed by atoms with Crippen LogP contribution in [0, 0.1) is 0 Å². The molecule has 0 heterocycles. The van der Waals surface area contributed by atoms with Crippen LogP contribution in [-0.4, -0.2) is 37.8 Å². The van der Waals surface area contributed by atoms with Crippen LogP contribution in [0.5, 0.6) is 0 Å². The molecule has 0 spiro atoms. The fourth-order valence-electron chi connectivity index (χ4n) is 2.53. The van der Waals surface area contributed by atoms with Crippen molar-refractivity contribution in [3.8, 4) is 0 Å². The van der Waals surface area contributed by atoms with E-state index in [1.807, 2.05) is 26.0 Å². The summed E-state index contributed by atoms with van der Waals surface area (Å²) in [5.41, 5.74) is 10.8. The minimum atomic E-state index is -3.25. The summed E-state index contributed by atoms with van der Waals surface area (Å²) < 4.78 is 22.4. The summed E-state index contributed by atoms with van der Waals surface area (Å²) in [6, 6.07) is 3.66. The molecule has 0 aromatic heterocycles. The number of nitrogens with one attached hydrogen (secondary N) is 1. The van der Waals surface area contributed by atoms with Gasteiger partial charge in [0.15, 0.2) is 9.84 Å². The number of carbonyl (C=O) groups is 2. The van der Waals surface area contributed by atoms with Gasteiger partial charge in [0.05, 0.1) is 11.5 Å². The Morgan fingerprint density at radius 3 is 2.08 bits per heavy atom. The Bertz CT molecular complexity index is 773. The summed E-state index contributed by atoms with van der Waals surface area (Å²) in [6.45, 7) is 5.63. The summed E-state index contributed by atoms with van der Waals surface area (Å²) >= 11 is 0. The maximum atomic E-state index is 12.6. The lowest BCUT2D eigenvalue weighted by molar-refractivity contribution is -0.117. The molecule has 0 aliphatic rings. The van der Waals surface area contributed by atoms with Crippen LogP contribution in [0.25, 0.3) is 0 Å². The number of hydrogen-bond donors (Lipinski definition) is 2. The average Bonchev–Trinajstić information content (AvgIpc) is 2.55. The van der Waals surface area contributed by atoms with E-state index in [-0.39, 0.29) is 11.5 Å². The van der Waals surface area contributed by atoms with Gasteiger partial charge in [-0.3, -0.25) is 9.59 Å². The predicted molar refractivity (Wildman–Crippen MR) is 98.4 cm³/mol. The van der Waals surface area contributed by atoms with Gasteiger partial charge in [-0.25, -0.2) is 13.8 Å². The van der Waals surface area contributed by atoms with Gasteiger partial charge in [-0.05, 0) is 36.5 Å². The van der Waals surface area contributed by atoms with Crippen molar-refractivity contribution in [1.82, 2.24) is 5.43 Å². The van der Waals surface area contributed by atoms with Crippen LogP contribution in [-0.2, 0) is 34.0 Å². The quantitative estimate of drug-likeness (QED) is 0.307. The Morgan fingerprint density at radius 1 is 1.16 bits per heavy atom. The van der Waals surface area contributed by atoms with E-state index in [0.717, 1.165) is 22.9 Å². The molecule has 3 N–H and O–H groups in total. The highest BCUT2D eigenvalue weighted by atomic mass is 32.2. The Kier molecular flexibility index (Phi) is 7.44. The monoisotopic (exact) mass is 367 g/mol. The summed E-state index contributed by atoms with van der Waals surface area (Å²) in [6.07, 6.45) is 2.25. The summed E-state index contributed by atoms with van der Waals surface area (Å²) in [5.74, 6) is -1.86. The third kappa shape index (κ3) is 6.06. The van der Waals surface area contributed by atoms with Gasteiger partial charge in [0.2, 0.25) is 0 Å². The van der Waals surface area contributed by atoms with Crippen molar-refractivity contribution in [2.75, 3.05) is 12.0 Å². The molecule has 0 atom stereocenters. The first-order chi connectivity index (χ1) is 11.6. The SMILES string of the molecule is CCc1cc(CN)cc(CC)c1C(=O)C(=O)NN=C(C)CS(C)(=O)=O. The first-order valence-corrected chi connectivity index (χ1v) is 10.1. The number of hydrazone groups is 1. The number of ketones is 1. The molecule has 138 valence electrons. The van der Waals surface area contributed by atoms with E-state index in [1.54, 1.807) is 0 Å². The van der Waals surface area contributed by atoms with Crippen LogP contribution in [0.4, 0.5) is 0 Å². The third-order valence-corrected chi connectivity index (χ3v) is 4.55. The van der Waals surface area contributed by atoms with Crippen LogP contribution >= 0.6 is 0 Å². The highest BCUT2D eigenvalue weighted by Gasteiger charge is 2.22. The number of rotatable bonds is 8. The standard InChI is InChI=1S/C17H25N3O4S/c1-5-13-7-12(9-18)8-14(6-2)15(13)16(21)17(22)20-19-11(3)10-25(4,23)24/h7-8H,5-6,9-10,18H2,1-4H3,(H,20,22). The normalized spacial score (nSPS) is 12.1. The molecule has 0 saturated carbocycles. The van der Waals surface area contributed by atoms with Gasteiger partial charge in [0.25, 0.3) is 5.78 Å². The van der Waals surface area contributed by atoms with Gasteiger partial charge < -0.3 is 5.73 Å². The van der Waals surface area contributed by atoms with Crippen molar-refractivity contribution in [2.45, 2.75) is 40.2 Å². The zero-order valence-corrected chi connectivity index (χ0v) is 15.9. The lowest BCUT2D eigenvalue weighted by atomic mass is 9.91. The number of aryl methyl sites for hydroxylation is 2. The van der Waals surface area contributed by atoms with Crippen LogP contribution < -0.4 is 11.2 Å². The summed E-state index contributed by atoms with van der Waals surface area (Å²) in [7, 11) is -3.25. The molecule has 1 aromatic rings. The highest BCUT2D eigenvalue weighted by molar-refractivity contribution is 7.91. The van der Waals surface area contributed by atoms with Crippen LogP contribution in [0.3, 0.4) is 0 Å². The van der Waals surface area contributed by atoms with Gasteiger partial charge in [-0.2, -0.15) is 5.10 Å². The second-order valence-electron chi connectivity index (χ2n) is 5.89. The lowest BCUT2D eigenvalue weighted by Gasteiger charge is -2.14. The second-order valence-corrected chi connectivity index (χ2v) is 8.03. The number of nitrogens with zero attached hydrogens (tertiary/aromatic N) is 1. The molecule has 0 bridgehead atoms. The molecule has 7 nitrogen and oxygen atoms in total. The largest absolute Gasteiger partial charge is 0.326 e. The Labute approximate surface area is 148 Å². The van der Waals surface area contributed by atoms with Crippen LogP contribution in [0.15, 0.2) is 17.2 Å². The molecule has 25 heavy (non-hydrogen) atoms. The number of benzene rings is 1. The van der Waals surface area contributed by atoms with Crippen molar-refractivity contribution in [3.63, 3.8) is 0 Å². The maximum absolute atomic E-state index is 12.6. The van der Waals surface area contributed by atoms with Crippen molar-refractivity contribution in [3.05, 3.63) is 34.4 Å². The molecule has 0 fully saturated rings. The van der Waals surface area contributed by atoms with Gasteiger partial charge in [-0.15, -0.1) is 0 Å². The maximum Gasteiger partial charge on any atom is 0.312 e. The van der Waals surface area contributed by atoms with E-state index >= 15 is 0 Å². The van der Waals surface area contributed by atoms with E-state index in [2.05, 4.69) is 10.5 Å². The minimum absolute atomic E-state index is 0.202. The first-order valence-electron chi connectivity index (χ1n) is 8.03. The topological polar surface area (TPSA) is 119 Å². The number of hydrogen-bond acceptors (Lipinski definition) is 6. The first kappa shape index (κ1) is 21.0. The average molecular weight is 367 g/mol. The molecule has 0 aliphatic carbocycles. The molecule has 0 aliphatic heterocycles. The number of amides is 1. The fourth-order valence-corrected chi connectivity index (χ4v) is 3.35. The van der Waals surface area contributed by atoms with Crippen LogP contribution in [0.2, 0.25) is 0 Å². The number of sulfone groups is 1. The van der Waals surface area contributed by atoms with E-state index in [0.29, 0.717) is 24.9 Å². The highest BCUT2D eigenvalue weighted by Crippen LogP contribution is 2.20. The number of carbonyl (C=O) groups excluding carboxylic acids is 2. The third-order valence-electron chi connectivity index (χ3n) is 3.61. The van der Waals surface area contributed by atoms with E-state index in [1.165, 1.54) is 6.92 Å². The smallest absolute Gasteiger partial charge is 0.312 e. The minimum Gasteiger partial charge on any atom is -0.326 e. The van der Waals surface area contributed by atoms with Crippen molar-refractivity contribution >= 4 is 27.2 Å². The molecule has 8 heteroatoms. The van der Waals surface area contributed by atoms with E-state index in [4.69, 9.17) is 5.73 Å². The molecular formula is C17H25N3O4S. The molecule has 1 rings (SSSR count). The lowest BCUT2D eigenvalue weighted by Crippen LogP contribution is -2.30. The zero-order chi connectivity index (χ0) is 19.2. The van der Waals surface area contributed by atoms with Crippen LogP contribution in [0.1, 0.15) is 47.8 Å². The van der Waals surface area contributed by atoms with Crippen molar-refractivity contribution < 1.29 is 18.0 Å². The van der Waals surface area contributed by atoms with Gasteiger partial charge in [0, 0.05) is 18.4 Å². The fraction of sp³-hybridized carbons (Fsp3) is 0.471. The van der Waals surface area contributed by atoms with E-state index in [9.17, 15) is 18.0 Å². The molecule has 1 aromatic carbocycles. The van der Waals surface area contributed by atoms with Gasteiger partial charge in [0.1, 0.15) is 0 Å². The van der Waals surface area contributed by atoms with Crippen molar-refractivity contribution in [1.29, 1.82) is 0 Å². The Balaban J connectivity index is 3.10. The Hall–Kier alpha value is -2.06. The van der Waals surface area contributed by atoms with Gasteiger partial charge >= 0.3 is 5.91 Å². The van der Waals surface area contributed by atoms with Gasteiger partial charge in [-0.1, -0.05) is 26.0 Å². The zero-order valence-electron chi connectivity index (χ0n) is 15.0. The predicted octanol–water partition coefficient (Wildman–Crippen LogP) is 0.990.